The van der Waals surface area contributed by atoms with Crippen molar-refractivity contribution in [3.05, 3.63) is 12.2 Å². The van der Waals surface area contributed by atoms with Crippen LogP contribution in [0, 0.1) is 0 Å². The summed E-state index contributed by atoms with van der Waals surface area (Å²) in [7, 11) is 0. The molecule has 0 aromatic heterocycles. The maximum absolute atomic E-state index is 10.4. The first-order valence-electron chi connectivity index (χ1n) is 4.35. The molecule has 0 aromatic rings. The van der Waals surface area contributed by atoms with E-state index in [4.69, 9.17) is 4.74 Å². The van der Waals surface area contributed by atoms with Gasteiger partial charge in [-0.15, -0.1) is 0 Å². The molecule has 12 heavy (non-hydrogen) atoms. The first-order valence-corrected chi connectivity index (χ1v) is 4.35. The Balaban J connectivity index is 0. The normalized spacial score (nSPS) is 9.50. The molecule has 0 saturated heterocycles. The minimum absolute atomic E-state index is 0.0300. The van der Waals surface area contributed by atoms with Gasteiger partial charge in [-0.25, -0.2) is 0 Å². The SMILES string of the molecule is C/C=C/C.CCC(=O)OC(C)C. The van der Waals surface area contributed by atoms with Crippen LogP contribution in [-0.2, 0) is 9.53 Å². The molecule has 0 radical (unpaired) electrons. The van der Waals surface area contributed by atoms with Gasteiger partial charge in [-0.1, -0.05) is 19.1 Å². The third kappa shape index (κ3) is 16.1. The molecule has 0 unspecified atom stereocenters. The molecule has 0 heterocycles. The summed E-state index contributed by atoms with van der Waals surface area (Å²) in [6.07, 6.45) is 4.50. The highest BCUT2D eigenvalue weighted by Gasteiger charge is 1.98. The zero-order valence-electron chi connectivity index (χ0n) is 8.76. The number of hydrogen-bond acceptors (Lipinski definition) is 2. The Morgan fingerprint density at radius 2 is 1.75 bits per heavy atom. The van der Waals surface area contributed by atoms with Gasteiger partial charge < -0.3 is 4.74 Å². The predicted octanol–water partition coefficient (Wildman–Crippen LogP) is 2.93. The summed E-state index contributed by atoms with van der Waals surface area (Å²) in [5, 5.41) is 0. The second-order valence-corrected chi connectivity index (χ2v) is 2.56. The molecule has 0 aromatic carbocycles. The lowest BCUT2D eigenvalue weighted by Gasteiger charge is -2.04. The van der Waals surface area contributed by atoms with Crippen LogP contribution in [0.3, 0.4) is 0 Å². The molecule has 0 bridgehead atoms. The van der Waals surface area contributed by atoms with E-state index >= 15 is 0 Å². The summed E-state index contributed by atoms with van der Waals surface area (Å²) in [6, 6.07) is 0. The van der Waals surface area contributed by atoms with Gasteiger partial charge in [0.1, 0.15) is 0 Å². The highest BCUT2D eigenvalue weighted by atomic mass is 16.5. The molecule has 0 N–H and O–H groups in total. The van der Waals surface area contributed by atoms with E-state index in [9.17, 15) is 4.79 Å². The summed E-state index contributed by atoms with van der Waals surface area (Å²) in [6.45, 7) is 9.46. The smallest absolute Gasteiger partial charge is 0.305 e. The summed E-state index contributed by atoms with van der Waals surface area (Å²) in [4.78, 5) is 10.4. The first kappa shape index (κ1) is 13.8. The quantitative estimate of drug-likeness (QED) is 0.473. The molecule has 0 saturated carbocycles. The van der Waals surface area contributed by atoms with Crippen LogP contribution < -0.4 is 0 Å². The zero-order chi connectivity index (χ0) is 9.98. The highest BCUT2D eigenvalue weighted by molar-refractivity contribution is 5.68. The molecule has 0 aliphatic carbocycles. The maximum atomic E-state index is 10.4. The lowest BCUT2D eigenvalue weighted by atomic mass is 10.4. The molecule has 72 valence electrons. The van der Waals surface area contributed by atoms with E-state index < -0.39 is 0 Å². The summed E-state index contributed by atoms with van der Waals surface area (Å²) >= 11 is 0. The van der Waals surface area contributed by atoms with E-state index in [1.165, 1.54) is 0 Å². The zero-order valence-corrected chi connectivity index (χ0v) is 8.76. The van der Waals surface area contributed by atoms with Crippen LogP contribution >= 0.6 is 0 Å². The minimum Gasteiger partial charge on any atom is -0.463 e. The first-order chi connectivity index (χ1) is 5.58. The maximum Gasteiger partial charge on any atom is 0.305 e. The van der Waals surface area contributed by atoms with E-state index in [2.05, 4.69) is 0 Å². The molecule has 2 heteroatoms. The fourth-order valence-electron chi connectivity index (χ4n) is 0.346. The van der Waals surface area contributed by atoms with Gasteiger partial charge in [0.05, 0.1) is 6.10 Å². The van der Waals surface area contributed by atoms with Gasteiger partial charge in [0.15, 0.2) is 0 Å². The summed E-state index contributed by atoms with van der Waals surface area (Å²) in [5.74, 6) is -0.125. The van der Waals surface area contributed by atoms with Crippen molar-refractivity contribution in [2.75, 3.05) is 0 Å². The number of carbonyl (C=O) groups excluding carboxylic acids is 1. The fraction of sp³-hybridized carbons (Fsp3) is 0.700. The van der Waals surface area contributed by atoms with Gasteiger partial charge in [-0.2, -0.15) is 0 Å². The standard InChI is InChI=1S/C6H12O2.C4H8/c1-4-6(7)8-5(2)3;1-3-4-2/h5H,4H2,1-3H3;3-4H,1-2H3/b;4-3+. The van der Waals surface area contributed by atoms with Crippen molar-refractivity contribution in [1.82, 2.24) is 0 Å². The van der Waals surface area contributed by atoms with Crippen molar-refractivity contribution in [3.63, 3.8) is 0 Å². The summed E-state index contributed by atoms with van der Waals surface area (Å²) < 4.78 is 4.76. The monoisotopic (exact) mass is 172 g/mol. The highest BCUT2D eigenvalue weighted by Crippen LogP contribution is 1.90. The second kappa shape index (κ2) is 10.2. The molecule has 0 aliphatic rings. The Morgan fingerprint density at radius 3 is 1.83 bits per heavy atom. The van der Waals surface area contributed by atoms with Gasteiger partial charge in [0.25, 0.3) is 0 Å². The lowest BCUT2D eigenvalue weighted by Crippen LogP contribution is -2.09. The van der Waals surface area contributed by atoms with Gasteiger partial charge in [0.2, 0.25) is 0 Å². The number of hydrogen-bond donors (Lipinski definition) is 0. The molecule has 0 amide bonds. The molecule has 2 nitrogen and oxygen atoms in total. The van der Waals surface area contributed by atoms with E-state index in [1.807, 2.05) is 39.8 Å². The Labute approximate surface area is 75.6 Å². The Morgan fingerprint density at radius 1 is 1.33 bits per heavy atom. The van der Waals surface area contributed by atoms with E-state index in [1.54, 1.807) is 6.92 Å². The molecular weight excluding hydrogens is 152 g/mol. The van der Waals surface area contributed by atoms with Crippen molar-refractivity contribution in [3.8, 4) is 0 Å². The van der Waals surface area contributed by atoms with Gasteiger partial charge in [-0.3, -0.25) is 4.79 Å². The van der Waals surface area contributed by atoms with Crippen molar-refractivity contribution >= 4 is 5.97 Å². The molecule has 0 rings (SSSR count). The van der Waals surface area contributed by atoms with Crippen LogP contribution in [0.15, 0.2) is 12.2 Å². The number of rotatable bonds is 2. The molecular formula is C10H20O2. The fourth-order valence-corrected chi connectivity index (χ4v) is 0.346. The van der Waals surface area contributed by atoms with Crippen LogP contribution in [0.5, 0.6) is 0 Å². The van der Waals surface area contributed by atoms with Crippen molar-refractivity contribution < 1.29 is 9.53 Å². The summed E-state index contributed by atoms with van der Waals surface area (Å²) in [5.41, 5.74) is 0. The molecule has 0 spiro atoms. The van der Waals surface area contributed by atoms with Gasteiger partial charge in [-0.05, 0) is 27.7 Å². The number of allylic oxidation sites excluding steroid dienone is 2. The Hall–Kier alpha value is -0.790. The topological polar surface area (TPSA) is 26.3 Å². The van der Waals surface area contributed by atoms with Crippen LogP contribution in [0.2, 0.25) is 0 Å². The Kier molecular flexibility index (Phi) is 11.7. The largest absolute Gasteiger partial charge is 0.463 e. The van der Waals surface area contributed by atoms with Gasteiger partial charge in [0, 0.05) is 6.42 Å². The van der Waals surface area contributed by atoms with Crippen molar-refractivity contribution in [2.24, 2.45) is 0 Å². The van der Waals surface area contributed by atoms with E-state index in [0.29, 0.717) is 6.42 Å². The third-order valence-corrected chi connectivity index (χ3v) is 0.989. The second-order valence-electron chi connectivity index (χ2n) is 2.56. The van der Waals surface area contributed by atoms with Crippen LogP contribution in [-0.4, -0.2) is 12.1 Å². The average molecular weight is 172 g/mol. The predicted molar refractivity (Wildman–Crippen MR) is 52.0 cm³/mol. The van der Waals surface area contributed by atoms with Gasteiger partial charge >= 0.3 is 5.97 Å². The molecule has 0 atom stereocenters. The number of ether oxygens (including phenoxy) is 1. The lowest BCUT2D eigenvalue weighted by molar-refractivity contribution is -0.146. The van der Waals surface area contributed by atoms with Crippen LogP contribution in [0.1, 0.15) is 41.0 Å². The van der Waals surface area contributed by atoms with Crippen molar-refractivity contribution in [2.45, 2.75) is 47.1 Å². The number of esters is 1. The minimum atomic E-state index is -0.125. The third-order valence-electron chi connectivity index (χ3n) is 0.989. The molecule has 0 aliphatic heterocycles. The van der Waals surface area contributed by atoms with Crippen LogP contribution in [0.25, 0.3) is 0 Å². The van der Waals surface area contributed by atoms with Crippen LogP contribution in [0.4, 0.5) is 0 Å². The average Bonchev–Trinajstić information content (AvgIpc) is 2.04. The molecule has 0 fully saturated rings. The van der Waals surface area contributed by atoms with Crippen molar-refractivity contribution in [1.29, 1.82) is 0 Å². The Bertz CT molecular complexity index is 122. The number of carbonyl (C=O) groups is 1. The van der Waals surface area contributed by atoms with E-state index in [-0.39, 0.29) is 12.1 Å². The van der Waals surface area contributed by atoms with E-state index in [0.717, 1.165) is 0 Å².